The molecule has 2 unspecified atom stereocenters. The zero-order valence-corrected chi connectivity index (χ0v) is 17.7. The lowest BCUT2D eigenvalue weighted by Gasteiger charge is -2.41. The van der Waals surface area contributed by atoms with Crippen molar-refractivity contribution in [1.82, 2.24) is 4.90 Å². The highest BCUT2D eigenvalue weighted by Gasteiger charge is 2.43. The fourth-order valence-corrected chi connectivity index (χ4v) is 4.19. The van der Waals surface area contributed by atoms with Crippen LogP contribution in [0.25, 0.3) is 0 Å². The number of nitrogens with zero attached hydrogens (tertiary/aromatic N) is 1. The number of carbonyl (C=O) groups excluding carboxylic acids is 2. The van der Waals surface area contributed by atoms with E-state index in [1.807, 2.05) is 79.7 Å². The number of aryl methyl sites for hydroxylation is 1. The normalized spacial score (nSPS) is 17.9. The van der Waals surface area contributed by atoms with Crippen LogP contribution in [-0.2, 0) is 9.53 Å². The van der Waals surface area contributed by atoms with Crippen molar-refractivity contribution in [2.24, 2.45) is 0 Å². The minimum Gasteiger partial charge on any atom is -0.383 e. The molecule has 5 nitrogen and oxygen atoms in total. The van der Waals surface area contributed by atoms with Gasteiger partial charge in [-0.25, -0.2) is 0 Å². The molecule has 3 aromatic rings. The van der Waals surface area contributed by atoms with E-state index in [1.165, 1.54) is 0 Å². The van der Waals surface area contributed by atoms with Crippen LogP contribution in [0.5, 0.6) is 0 Å². The number of ether oxygens (including phenoxy) is 1. The van der Waals surface area contributed by atoms with Crippen molar-refractivity contribution in [2.75, 3.05) is 25.6 Å². The maximum absolute atomic E-state index is 13.6. The highest BCUT2D eigenvalue weighted by Crippen LogP contribution is 2.43. The van der Waals surface area contributed by atoms with E-state index in [2.05, 4.69) is 5.32 Å². The lowest BCUT2D eigenvalue weighted by Crippen LogP contribution is -2.47. The summed E-state index contributed by atoms with van der Waals surface area (Å²) in [6.45, 7) is 2.80. The third-order valence-corrected chi connectivity index (χ3v) is 5.72. The van der Waals surface area contributed by atoms with Crippen LogP contribution in [-0.4, -0.2) is 37.0 Å². The molecule has 1 aliphatic heterocycles. The highest BCUT2D eigenvalue weighted by atomic mass is 16.5. The number of methoxy groups -OCH3 is 1. The van der Waals surface area contributed by atoms with Crippen LogP contribution >= 0.6 is 0 Å². The zero-order valence-electron chi connectivity index (χ0n) is 17.7. The Morgan fingerprint density at radius 3 is 2.35 bits per heavy atom. The summed E-state index contributed by atoms with van der Waals surface area (Å²) in [4.78, 5) is 28.8. The summed E-state index contributed by atoms with van der Waals surface area (Å²) in [7, 11) is 1.61. The Hall–Kier alpha value is -3.44. The Balaban J connectivity index is 1.80. The van der Waals surface area contributed by atoms with E-state index < -0.39 is 12.0 Å². The van der Waals surface area contributed by atoms with E-state index in [9.17, 15) is 9.59 Å². The number of rotatable bonds is 6. The van der Waals surface area contributed by atoms with Crippen LogP contribution in [0.1, 0.15) is 39.0 Å². The Labute approximate surface area is 182 Å². The van der Waals surface area contributed by atoms with E-state index in [4.69, 9.17) is 4.74 Å². The summed E-state index contributed by atoms with van der Waals surface area (Å²) in [6.07, 6.45) is 0. The van der Waals surface area contributed by atoms with Gasteiger partial charge in [-0.2, -0.15) is 0 Å². The zero-order chi connectivity index (χ0) is 21.8. The van der Waals surface area contributed by atoms with Crippen molar-refractivity contribution in [3.8, 4) is 0 Å². The number of carbonyl (C=O) groups is 2. The number of hydrogen-bond donors (Lipinski definition) is 1. The van der Waals surface area contributed by atoms with Crippen molar-refractivity contribution in [3.05, 3.63) is 101 Å². The molecule has 1 heterocycles. The van der Waals surface area contributed by atoms with Crippen LogP contribution in [0.2, 0.25) is 0 Å². The molecule has 5 heteroatoms. The maximum Gasteiger partial charge on any atom is 0.254 e. The molecule has 0 bridgehead atoms. The molecule has 1 aliphatic rings. The van der Waals surface area contributed by atoms with Gasteiger partial charge in [-0.15, -0.1) is 0 Å². The first-order valence-electron chi connectivity index (χ1n) is 10.4. The quantitative estimate of drug-likeness (QED) is 0.643. The van der Waals surface area contributed by atoms with Gasteiger partial charge in [0.1, 0.15) is 0 Å². The molecule has 0 fully saturated rings. The topological polar surface area (TPSA) is 58.6 Å². The Morgan fingerprint density at radius 2 is 1.65 bits per heavy atom. The minimum atomic E-state index is -0.547. The second kappa shape index (κ2) is 9.14. The third-order valence-electron chi connectivity index (χ3n) is 5.72. The molecule has 0 saturated carbocycles. The maximum atomic E-state index is 13.6. The smallest absolute Gasteiger partial charge is 0.254 e. The van der Waals surface area contributed by atoms with Gasteiger partial charge in [0, 0.05) is 24.9 Å². The first-order valence-corrected chi connectivity index (χ1v) is 10.4. The number of nitrogens with one attached hydrogen (secondary N) is 1. The molecule has 31 heavy (non-hydrogen) atoms. The van der Waals surface area contributed by atoms with Gasteiger partial charge >= 0.3 is 0 Å². The number of fused-ring (bicyclic) bond motifs is 1. The van der Waals surface area contributed by atoms with Gasteiger partial charge in [-0.3, -0.25) is 9.59 Å². The molecule has 158 valence electrons. The summed E-state index contributed by atoms with van der Waals surface area (Å²) in [5.74, 6) is -0.768. The molecular formula is C26H26N2O3. The largest absolute Gasteiger partial charge is 0.383 e. The number of hydrogen-bond acceptors (Lipinski definition) is 3. The van der Waals surface area contributed by atoms with E-state index in [0.717, 1.165) is 22.4 Å². The van der Waals surface area contributed by atoms with E-state index in [1.54, 1.807) is 18.1 Å². The number of benzene rings is 3. The average Bonchev–Trinajstić information content (AvgIpc) is 2.80. The van der Waals surface area contributed by atoms with Gasteiger partial charge < -0.3 is 15.0 Å². The minimum absolute atomic E-state index is 0.0825. The molecule has 0 radical (unpaired) electrons. The van der Waals surface area contributed by atoms with Gasteiger partial charge in [-0.05, 0) is 36.2 Å². The van der Waals surface area contributed by atoms with Gasteiger partial charge in [-0.1, -0.05) is 66.2 Å². The lowest BCUT2D eigenvalue weighted by atomic mass is 9.79. The average molecular weight is 415 g/mol. The van der Waals surface area contributed by atoms with Crippen molar-refractivity contribution < 1.29 is 14.3 Å². The van der Waals surface area contributed by atoms with Gasteiger partial charge in [0.15, 0.2) is 0 Å². The van der Waals surface area contributed by atoms with E-state index >= 15 is 0 Å². The van der Waals surface area contributed by atoms with Crippen LogP contribution in [0, 0.1) is 6.92 Å². The van der Waals surface area contributed by atoms with Crippen molar-refractivity contribution >= 4 is 17.5 Å². The van der Waals surface area contributed by atoms with Crippen molar-refractivity contribution in [2.45, 2.75) is 18.9 Å². The summed E-state index contributed by atoms with van der Waals surface area (Å²) in [5.41, 5.74) is 4.10. The Bertz CT molecular complexity index is 1060. The Morgan fingerprint density at radius 1 is 0.968 bits per heavy atom. The van der Waals surface area contributed by atoms with Gasteiger partial charge in [0.2, 0.25) is 5.91 Å². The first kappa shape index (κ1) is 20.8. The van der Waals surface area contributed by atoms with Crippen LogP contribution < -0.4 is 5.32 Å². The standard InChI is InChI=1S/C26H26N2O3/c1-18-12-14-20(15-13-18)27-25(29)23-21-10-6-7-11-22(21)26(30)28(16-17-31-2)24(23)19-8-4-3-5-9-19/h3-15,23-24H,16-17H2,1-2H3,(H,27,29). The molecule has 1 N–H and O–H groups in total. The monoisotopic (exact) mass is 414 g/mol. The van der Waals surface area contributed by atoms with E-state index in [-0.39, 0.29) is 11.8 Å². The van der Waals surface area contributed by atoms with Crippen LogP contribution in [0.3, 0.4) is 0 Å². The summed E-state index contributed by atoms with van der Waals surface area (Å²) in [5, 5.41) is 3.06. The predicted octanol–water partition coefficient (Wildman–Crippen LogP) is 4.56. The number of amides is 2. The molecule has 2 atom stereocenters. The molecule has 0 saturated heterocycles. The number of anilines is 1. The molecule has 0 aromatic heterocycles. The third kappa shape index (κ3) is 4.23. The van der Waals surface area contributed by atoms with Crippen LogP contribution in [0.4, 0.5) is 5.69 Å². The molecule has 0 aliphatic carbocycles. The highest BCUT2D eigenvalue weighted by molar-refractivity contribution is 6.04. The van der Waals surface area contributed by atoms with Gasteiger partial charge in [0.05, 0.1) is 18.6 Å². The van der Waals surface area contributed by atoms with Crippen LogP contribution in [0.15, 0.2) is 78.9 Å². The summed E-state index contributed by atoms with van der Waals surface area (Å²) < 4.78 is 5.27. The predicted molar refractivity (Wildman–Crippen MR) is 121 cm³/mol. The lowest BCUT2D eigenvalue weighted by molar-refractivity contribution is -0.119. The van der Waals surface area contributed by atoms with Crippen molar-refractivity contribution in [3.63, 3.8) is 0 Å². The van der Waals surface area contributed by atoms with Crippen molar-refractivity contribution in [1.29, 1.82) is 0 Å². The molecule has 0 spiro atoms. The summed E-state index contributed by atoms with van der Waals surface area (Å²) >= 11 is 0. The summed E-state index contributed by atoms with van der Waals surface area (Å²) in [6, 6.07) is 24.4. The fourth-order valence-electron chi connectivity index (χ4n) is 4.19. The first-order chi connectivity index (χ1) is 15.1. The Kier molecular flexibility index (Phi) is 6.14. The molecular weight excluding hydrogens is 388 g/mol. The fraction of sp³-hybridized carbons (Fsp3) is 0.231. The molecule has 2 amide bonds. The van der Waals surface area contributed by atoms with E-state index in [0.29, 0.717) is 18.7 Å². The molecule has 3 aromatic carbocycles. The second-order valence-electron chi connectivity index (χ2n) is 7.77. The second-order valence-corrected chi connectivity index (χ2v) is 7.77. The van der Waals surface area contributed by atoms with Gasteiger partial charge in [0.25, 0.3) is 5.91 Å². The molecule has 4 rings (SSSR count). The SMILES string of the molecule is COCCN1C(=O)c2ccccc2C(C(=O)Nc2ccc(C)cc2)C1c1ccccc1.